The molecule has 3 atom stereocenters. The highest BCUT2D eigenvalue weighted by molar-refractivity contribution is 5.75. The van der Waals surface area contributed by atoms with Gasteiger partial charge in [-0.05, 0) is 32.2 Å². The van der Waals surface area contributed by atoms with Crippen molar-refractivity contribution in [3.05, 3.63) is 0 Å². The molecule has 3 N–H and O–H groups in total. The van der Waals surface area contributed by atoms with Crippen LogP contribution in [0.3, 0.4) is 0 Å². The summed E-state index contributed by atoms with van der Waals surface area (Å²) in [6, 6.07) is 0. The van der Waals surface area contributed by atoms with E-state index < -0.39 is 0 Å². The summed E-state index contributed by atoms with van der Waals surface area (Å²) in [7, 11) is 0. The maximum absolute atomic E-state index is 11.5. The molecule has 1 aliphatic rings. The molecule has 0 aliphatic carbocycles. The van der Waals surface area contributed by atoms with Crippen molar-refractivity contribution in [2.45, 2.75) is 39.2 Å². The summed E-state index contributed by atoms with van der Waals surface area (Å²) in [6.07, 6.45) is 2.79. The molecule has 1 amide bonds. The molecule has 1 rings (SSSR count). The molecule has 4 heteroatoms. The van der Waals surface area contributed by atoms with Crippen molar-refractivity contribution in [3.63, 3.8) is 0 Å². The third-order valence-corrected chi connectivity index (χ3v) is 3.36. The van der Waals surface area contributed by atoms with E-state index in [1.165, 1.54) is 0 Å². The predicted octanol–water partition coefficient (Wildman–Crippen LogP) is 0.903. The Bertz CT molecular complexity index is 221. The maximum Gasteiger partial charge on any atom is 0.220 e. The zero-order valence-corrected chi connectivity index (χ0v) is 10.4. The van der Waals surface area contributed by atoms with E-state index in [2.05, 4.69) is 19.2 Å². The molecule has 0 radical (unpaired) electrons. The number of ether oxygens (including phenoxy) is 1. The third-order valence-electron chi connectivity index (χ3n) is 3.36. The number of carbonyl (C=O) groups excluding carboxylic acids is 1. The summed E-state index contributed by atoms with van der Waals surface area (Å²) in [5, 5.41) is 2.97. The van der Waals surface area contributed by atoms with Crippen LogP contribution in [0.2, 0.25) is 0 Å². The fourth-order valence-corrected chi connectivity index (χ4v) is 1.87. The maximum atomic E-state index is 11.5. The number of amides is 1. The van der Waals surface area contributed by atoms with Crippen molar-refractivity contribution in [1.29, 1.82) is 0 Å². The van der Waals surface area contributed by atoms with Crippen LogP contribution in [0.5, 0.6) is 0 Å². The van der Waals surface area contributed by atoms with Crippen molar-refractivity contribution in [1.82, 2.24) is 5.32 Å². The first-order valence-corrected chi connectivity index (χ1v) is 6.21. The van der Waals surface area contributed by atoms with Gasteiger partial charge >= 0.3 is 0 Å². The highest BCUT2D eigenvalue weighted by atomic mass is 16.5. The van der Waals surface area contributed by atoms with Crippen molar-refractivity contribution >= 4 is 5.91 Å². The van der Waals surface area contributed by atoms with E-state index in [0.717, 1.165) is 26.0 Å². The predicted molar refractivity (Wildman–Crippen MR) is 64.0 cm³/mol. The molecular weight excluding hydrogens is 204 g/mol. The summed E-state index contributed by atoms with van der Waals surface area (Å²) >= 11 is 0. The molecule has 0 aromatic rings. The SMILES string of the molecule is CC(CN)CCC(=O)NCC1CCOC1C. The average molecular weight is 228 g/mol. The van der Waals surface area contributed by atoms with E-state index in [1.54, 1.807) is 0 Å². The highest BCUT2D eigenvalue weighted by Gasteiger charge is 2.24. The van der Waals surface area contributed by atoms with Crippen molar-refractivity contribution in [3.8, 4) is 0 Å². The second-order valence-corrected chi connectivity index (χ2v) is 4.81. The van der Waals surface area contributed by atoms with Gasteiger partial charge in [0.1, 0.15) is 0 Å². The Morgan fingerprint density at radius 2 is 2.38 bits per heavy atom. The lowest BCUT2D eigenvalue weighted by atomic mass is 10.0. The van der Waals surface area contributed by atoms with Crippen molar-refractivity contribution in [2.75, 3.05) is 19.7 Å². The molecule has 1 fully saturated rings. The van der Waals surface area contributed by atoms with Gasteiger partial charge in [0, 0.05) is 25.5 Å². The van der Waals surface area contributed by atoms with Gasteiger partial charge in [-0.15, -0.1) is 0 Å². The van der Waals surface area contributed by atoms with Gasteiger partial charge in [-0.25, -0.2) is 0 Å². The Kier molecular flexibility index (Phi) is 5.77. The minimum atomic E-state index is 0.138. The molecule has 0 bridgehead atoms. The molecule has 16 heavy (non-hydrogen) atoms. The highest BCUT2D eigenvalue weighted by Crippen LogP contribution is 2.19. The molecule has 0 aromatic carbocycles. The topological polar surface area (TPSA) is 64.4 Å². The van der Waals surface area contributed by atoms with E-state index >= 15 is 0 Å². The molecule has 1 heterocycles. The van der Waals surface area contributed by atoms with E-state index in [1.807, 2.05) is 0 Å². The smallest absolute Gasteiger partial charge is 0.220 e. The molecular formula is C12H24N2O2. The number of nitrogens with two attached hydrogens (primary N) is 1. The first kappa shape index (κ1) is 13.5. The largest absolute Gasteiger partial charge is 0.378 e. The summed E-state index contributed by atoms with van der Waals surface area (Å²) in [6.45, 7) is 6.37. The fraction of sp³-hybridized carbons (Fsp3) is 0.917. The van der Waals surface area contributed by atoms with Crippen molar-refractivity contribution in [2.24, 2.45) is 17.6 Å². The second kappa shape index (κ2) is 6.86. The summed E-state index contributed by atoms with van der Waals surface area (Å²) in [5.74, 6) is 1.05. The van der Waals surface area contributed by atoms with Crippen LogP contribution in [0.1, 0.15) is 33.1 Å². The quantitative estimate of drug-likeness (QED) is 0.710. The van der Waals surface area contributed by atoms with Crippen LogP contribution in [0.4, 0.5) is 0 Å². The van der Waals surface area contributed by atoms with E-state index in [-0.39, 0.29) is 12.0 Å². The Morgan fingerprint density at radius 1 is 1.62 bits per heavy atom. The third kappa shape index (κ3) is 4.49. The van der Waals surface area contributed by atoms with Gasteiger partial charge in [0.25, 0.3) is 0 Å². The lowest BCUT2D eigenvalue weighted by molar-refractivity contribution is -0.121. The van der Waals surface area contributed by atoms with Gasteiger partial charge in [0.05, 0.1) is 6.10 Å². The van der Waals surface area contributed by atoms with E-state index in [0.29, 0.717) is 24.8 Å². The Labute approximate surface area is 97.9 Å². The Hall–Kier alpha value is -0.610. The van der Waals surface area contributed by atoms with Gasteiger partial charge < -0.3 is 15.8 Å². The molecule has 3 unspecified atom stereocenters. The lowest BCUT2D eigenvalue weighted by Gasteiger charge is -2.15. The number of hydrogen-bond donors (Lipinski definition) is 2. The average Bonchev–Trinajstić information content (AvgIpc) is 2.69. The van der Waals surface area contributed by atoms with Gasteiger partial charge in [0.15, 0.2) is 0 Å². The van der Waals surface area contributed by atoms with E-state index in [9.17, 15) is 4.79 Å². The van der Waals surface area contributed by atoms with E-state index in [4.69, 9.17) is 10.5 Å². The first-order valence-electron chi connectivity index (χ1n) is 6.21. The normalized spacial score (nSPS) is 26.7. The zero-order valence-electron chi connectivity index (χ0n) is 10.4. The van der Waals surface area contributed by atoms with Gasteiger partial charge in [-0.3, -0.25) is 4.79 Å². The second-order valence-electron chi connectivity index (χ2n) is 4.81. The van der Waals surface area contributed by atoms with Crippen LogP contribution in [-0.4, -0.2) is 31.7 Å². The van der Waals surface area contributed by atoms with Gasteiger partial charge in [-0.1, -0.05) is 6.92 Å². The van der Waals surface area contributed by atoms with Crippen LogP contribution in [0.15, 0.2) is 0 Å². The standard InChI is InChI=1S/C12H24N2O2/c1-9(7-13)3-4-12(15)14-8-11-5-6-16-10(11)2/h9-11H,3-8,13H2,1-2H3,(H,14,15). The number of hydrogen-bond acceptors (Lipinski definition) is 3. The summed E-state index contributed by atoms with van der Waals surface area (Å²) < 4.78 is 5.45. The van der Waals surface area contributed by atoms with Gasteiger partial charge in [0.2, 0.25) is 5.91 Å². The fourth-order valence-electron chi connectivity index (χ4n) is 1.87. The zero-order chi connectivity index (χ0) is 12.0. The van der Waals surface area contributed by atoms with Crippen LogP contribution in [0.25, 0.3) is 0 Å². The number of nitrogens with one attached hydrogen (secondary N) is 1. The van der Waals surface area contributed by atoms with Gasteiger partial charge in [-0.2, -0.15) is 0 Å². The number of rotatable bonds is 6. The van der Waals surface area contributed by atoms with Crippen molar-refractivity contribution < 1.29 is 9.53 Å². The first-order chi connectivity index (χ1) is 7.63. The Morgan fingerprint density at radius 3 is 2.94 bits per heavy atom. The molecule has 0 spiro atoms. The monoisotopic (exact) mass is 228 g/mol. The van der Waals surface area contributed by atoms with Crippen LogP contribution in [0, 0.1) is 11.8 Å². The molecule has 0 aromatic heterocycles. The van der Waals surface area contributed by atoms with Crippen LogP contribution >= 0.6 is 0 Å². The molecule has 0 saturated carbocycles. The Balaban J connectivity index is 2.10. The molecule has 94 valence electrons. The van der Waals surface area contributed by atoms with Crippen LogP contribution in [-0.2, 0) is 9.53 Å². The van der Waals surface area contributed by atoms with Crippen LogP contribution < -0.4 is 11.1 Å². The summed E-state index contributed by atoms with van der Waals surface area (Å²) in [5.41, 5.74) is 5.50. The number of carbonyl (C=O) groups is 1. The molecule has 1 saturated heterocycles. The minimum absolute atomic E-state index is 0.138. The lowest BCUT2D eigenvalue weighted by Crippen LogP contribution is -2.32. The molecule has 1 aliphatic heterocycles. The molecule has 4 nitrogen and oxygen atoms in total. The minimum Gasteiger partial charge on any atom is -0.378 e. The summed E-state index contributed by atoms with van der Waals surface area (Å²) in [4.78, 5) is 11.5.